The van der Waals surface area contributed by atoms with Gasteiger partial charge < -0.3 is 10.6 Å². The quantitative estimate of drug-likeness (QED) is 0.784. The Morgan fingerprint density at radius 2 is 1.90 bits per heavy atom. The van der Waals surface area contributed by atoms with E-state index in [1.165, 1.54) is 32.1 Å². The molecule has 1 saturated heterocycles. The first-order valence-corrected chi connectivity index (χ1v) is 8.73. The fourth-order valence-corrected chi connectivity index (χ4v) is 4.00. The van der Waals surface area contributed by atoms with Gasteiger partial charge in [-0.15, -0.1) is 0 Å². The highest BCUT2D eigenvalue weighted by molar-refractivity contribution is 5.86. The van der Waals surface area contributed by atoms with Crippen molar-refractivity contribution in [3.05, 3.63) is 0 Å². The molecule has 3 heteroatoms. The zero-order valence-electron chi connectivity index (χ0n) is 13.3. The third-order valence-corrected chi connectivity index (χ3v) is 5.45. The molecule has 2 rings (SSSR count). The van der Waals surface area contributed by atoms with E-state index in [1.54, 1.807) is 0 Å². The number of nitrogens with one attached hydrogen (secondary N) is 2. The highest BCUT2D eigenvalue weighted by Gasteiger charge is 2.39. The van der Waals surface area contributed by atoms with Gasteiger partial charge in [0.2, 0.25) is 5.91 Å². The average Bonchev–Trinajstić information content (AvgIpc) is 2.95. The molecule has 3 nitrogen and oxygen atoms in total. The third kappa shape index (κ3) is 3.75. The third-order valence-electron chi connectivity index (χ3n) is 5.45. The van der Waals surface area contributed by atoms with Gasteiger partial charge in [-0.3, -0.25) is 4.79 Å². The lowest BCUT2D eigenvalue weighted by Crippen LogP contribution is -2.54. The van der Waals surface area contributed by atoms with Crippen LogP contribution in [-0.4, -0.2) is 24.5 Å². The number of carbonyl (C=O) groups is 1. The minimum atomic E-state index is -0.255. The Labute approximate surface area is 124 Å². The molecular formula is C17H32N2O. The van der Waals surface area contributed by atoms with E-state index in [2.05, 4.69) is 24.5 Å². The van der Waals surface area contributed by atoms with E-state index in [-0.39, 0.29) is 11.4 Å². The van der Waals surface area contributed by atoms with Crippen molar-refractivity contribution in [1.82, 2.24) is 10.6 Å². The van der Waals surface area contributed by atoms with Gasteiger partial charge in [0.05, 0.1) is 5.54 Å². The standard InChI is InChI=1S/C17H32N2O/c1-3-10-17(11-5-12-19-17)16(20)18-13-15-8-6-14(4-2)7-9-15/h14-15,19H,3-13H2,1-2H3,(H,18,20). The topological polar surface area (TPSA) is 41.1 Å². The first kappa shape index (κ1) is 15.8. The van der Waals surface area contributed by atoms with Gasteiger partial charge in [-0.2, -0.15) is 0 Å². The van der Waals surface area contributed by atoms with Crippen molar-refractivity contribution in [2.45, 2.75) is 77.2 Å². The zero-order chi connectivity index (χ0) is 14.4. The molecule has 1 aliphatic carbocycles. The van der Waals surface area contributed by atoms with Crippen LogP contribution in [0.1, 0.15) is 71.6 Å². The molecular weight excluding hydrogens is 248 g/mol. The molecule has 1 atom stereocenters. The molecule has 20 heavy (non-hydrogen) atoms. The number of rotatable bonds is 6. The van der Waals surface area contributed by atoms with E-state index in [0.717, 1.165) is 44.7 Å². The van der Waals surface area contributed by atoms with Crippen LogP contribution < -0.4 is 10.6 Å². The maximum absolute atomic E-state index is 12.5. The molecule has 1 amide bonds. The molecule has 0 aromatic carbocycles. The van der Waals surface area contributed by atoms with Gasteiger partial charge in [-0.05, 0) is 50.5 Å². The summed E-state index contributed by atoms with van der Waals surface area (Å²) in [7, 11) is 0. The smallest absolute Gasteiger partial charge is 0.240 e. The number of amides is 1. The second-order valence-corrected chi connectivity index (χ2v) is 6.87. The van der Waals surface area contributed by atoms with E-state index in [1.807, 2.05) is 0 Å². The second-order valence-electron chi connectivity index (χ2n) is 6.87. The van der Waals surface area contributed by atoms with Crippen molar-refractivity contribution in [1.29, 1.82) is 0 Å². The van der Waals surface area contributed by atoms with Crippen LogP contribution in [0.2, 0.25) is 0 Å². The summed E-state index contributed by atoms with van der Waals surface area (Å²) in [6.07, 6.45) is 10.8. The Morgan fingerprint density at radius 3 is 2.45 bits per heavy atom. The molecule has 2 fully saturated rings. The molecule has 1 aliphatic heterocycles. The lowest BCUT2D eigenvalue weighted by molar-refractivity contribution is -0.127. The monoisotopic (exact) mass is 280 g/mol. The van der Waals surface area contributed by atoms with Crippen molar-refractivity contribution in [3.8, 4) is 0 Å². The Morgan fingerprint density at radius 1 is 1.20 bits per heavy atom. The van der Waals surface area contributed by atoms with Gasteiger partial charge in [-0.25, -0.2) is 0 Å². The minimum Gasteiger partial charge on any atom is -0.354 e. The van der Waals surface area contributed by atoms with E-state index in [0.29, 0.717) is 5.92 Å². The van der Waals surface area contributed by atoms with Gasteiger partial charge in [-0.1, -0.05) is 39.5 Å². The summed E-state index contributed by atoms with van der Waals surface area (Å²) in [5.41, 5.74) is -0.255. The summed E-state index contributed by atoms with van der Waals surface area (Å²) in [6, 6.07) is 0. The lowest BCUT2D eigenvalue weighted by Gasteiger charge is -2.31. The number of hydrogen-bond donors (Lipinski definition) is 2. The van der Waals surface area contributed by atoms with Crippen LogP contribution in [0.15, 0.2) is 0 Å². The SMILES string of the molecule is CCCC1(C(=O)NCC2CCC(CC)CC2)CCCN1. The van der Waals surface area contributed by atoms with Gasteiger partial charge in [0, 0.05) is 6.54 Å². The number of carbonyl (C=O) groups excluding carboxylic acids is 1. The van der Waals surface area contributed by atoms with Crippen LogP contribution in [-0.2, 0) is 4.79 Å². The molecule has 116 valence electrons. The van der Waals surface area contributed by atoms with Gasteiger partial charge in [0.15, 0.2) is 0 Å². The molecule has 1 saturated carbocycles. The lowest BCUT2D eigenvalue weighted by atomic mass is 9.80. The molecule has 0 bridgehead atoms. The van der Waals surface area contributed by atoms with Crippen LogP contribution in [0.25, 0.3) is 0 Å². The summed E-state index contributed by atoms with van der Waals surface area (Å²) in [6.45, 7) is 6.35. The maximum atomic E-state index is 12.5. The summed E-state index contributed by atoms with van der Waals surface area (Å²) < 4.78 is 0. The molecule has 2 N–H and O–H groups in total. The summed E-state index contributed by atoms with van der Waals surface area (Å²) in [5.74, 6) is 1.90. The predicted molar refractivity (Wildman–Crippen MR) is 83.6 cm³/mol. The zero-order valence-corrected chi connectivity index (χ0v) is 13.3. The molecule has 1 heterocycles. The highest BCUT2D eigenvalue weighted by atomic mass is 16.2. The van der Waals surface area contributed by atoms with E-state index in [9.17, 15) is 4.79 Å². The Kier molecular flexibility index (Phi) is 5.88. The highest BCUT2D eigenvalue weighted by Crippen LogP contribution is 2.30. The van der Waals surface area contributed by atoms with Gasteiger partial charge in [0.25, 0.3) is 0 Å². The molecule has 0 aromatic heterocycles. The maximum Gasteiger partial charge on any atom is 0.240 e. The predicted octanol–water partition coefficient (Wildman–Crippen LogP) is 3.24. The normalized spacial score (nSPS) is 34.1. The van der Waals surface area contributed by atoms with Crippen LogP contribution in [0.4, 0.5) is 0 Å². The fraction of sp³-hybridized carbons (Fsp3) is 0.941. The van der Waals surface area contributed by atoms with Crippen molar-refractivity contribution in [2.24, 2.45) is 11.8 Å². The van der Waals surface area contributed by atoms with Crippen molar-refractivity contribution in [3.63, 3.8) is 0 Å². The molecule has 0 radical (unpaired) electrons. The summed E-state index contributed by atoms with van der Waals surface area (Å²) >= 11 is 0. The molecule has 1 unspecified atom stereocenters. The van der Waals surface area contributed by atoms with E-state index < -0.39 is 0 Å². The fourth-order valence-electron chi connectivity index (χ4n) is 4.00. The van der Waals surface area contributed by atoms with Crippen LogP contribution in [0.5, 0.6) is 0 Å². The van der Waals surface area contributed by atoms with Crippen LogP contribution in [0.3, 0.4) is 0 Å². The van der Waals surface area contributed by atoms with Crippen LogP contribution in [0, 0.1) is 11.8 Å². The Balaban J connectivity index is 1.77. The van der Waals surface area contributed by atoms with Crippen molar-refractivity contribution < 1.29 is 4.79 Å². The first-order valence-electron chi connectivity index (χ1n) is 8.73. The average molecular weight is 280 g/mol. The van der Waals surface area contributed by atoms with E-state index >= 15 is 0 Å². The second kappa shape index (κ2) is 7.44. The van der Waals surface area contributed by atoms with Gasteiger partial charge >= 0.3 is 0 Å². The summed E-state index contributed by atoms with van der Waals surface area (Å²) in [5, 5.41) is 6.71. The van der Waals surface area contributed by atoms with Gasteiger partial charge in [0.1, 0.15) is 0 Å². The van der Waals surface area contributed by atoms with Crippen molar-refractivity contribution >= 4 is 5.91 Å². The molecule has 2 aliphatic rings. The van der Waals surface area contributed by atoms with Crippen LogP contribution >= 0.6 is 0 Å². The van der Waals surface area contributed by atoms with E-state index in [4.69, 9.17) is 0 Å². The first-order chi connectivity index (χ1) is 9.70. The molecule has 0 spiro atoms. The van der Waals surface area contributed by atoms with Crippen molar-refractivity contribution in [2.75, 3.05) is 13.1 Å². The molecule has 0 aromatic rings. The number of hydrogen-bond acceptors (Lipinski definition) is 2. The minimum absolute atomic E-state index is 0.255. The Hall–Kier alpha value is -0.570. The summed E-state index contributed by atoms with van der Waals surface area (Å²) in [4.78, 5) is 12.5. The Bertz CT molecular complexity index is 302. The largest absolute Gasteiger partial charge is 0.354 e.